The van der Waals surface area contributed by atoms with Gasteiger partial charge in [0.05, 0.1) is 29.9 Å². The number of amides is 2. The molecular weight excluding hydrogens is 341 g/mol. The number of hydrogen-bond acceptors (Lipinski definition) is 4. The molecule has 7 nitrogen and oxygen atoms in total. The zero-order chi connectivity index (χ0) is 18.8. The van der Waals surface area contributed by atoms with Crippen LogP contribution in [0, 0.1) is 17.8 Å². The van der Waals surface area contributed by atoms with E-state index in [2.05, 4.69) is 15.3 Å². The molecule has 10 heteroatoms. The highest BCUT2D eigenvalue weighted by molar-refractivity contribution is 5.89. The number of likely N-dealkylation sites (tertiary alicyclic amines) is 1. The van der Waals surface area contributed by atoms with E-state index in [1.807, 2.05) is 13.8 Å². The topological polar surface area (TPSA) is 95.4 Å². The quantitative estimate of drug-likeness (QED) is 0.860. The maximum atomic E-state index is 12.9. The van der Waals surface area contributed by atoms with E-state index in [-0.39, 0.29) is 5.69 Å². The SMILES string of the molecule is CC(C)Cc1ncc(NC(=O)N2C[C@@H](C(F)(F)F)[C@H](C(=O)O)C2)cn1. The second-order valence-corrected chi connectivity index (χ2v) is 6.41. The van der Waals surface area contributed by atoms with Gasteiger partial charge in [0, 0.05) is 19.5 Å². The summed E-state index contributed by atoms with van der Waals surface area (Å²) in [6, 6.07) is -0.807. The van der Waals surface area contributed by atoms with Crippen molar-refractivity contribution < 1.29 is 27.9 Å². The normalized spacial score (nSPS) is 20.8. The number of carbonyl (C=O) groups excluding carboxylic acids is 1. The van der Waals surface area contributed by atoms with Crippen LogP contribution in [0.5, 0.6) is 0 Å². The van der Waals surface area contributed by atoms with Gasteiger partial charge in [-0.25, -0.2) is 14.8 Å². The van der Waals surface area contributed by atoms with Crippen LogP contribution in [0.2, 0.25) is 0 Å². The van der Waals surface area contributed by atoms with E-state index in [1.54, 1.807) is 0 Å². The summed E-state index contributed by atoms with van der Waals surface area (Å²) in [5.41, 5.74) is 0.236. The number of aliphatic carboxylic acids is 1. The lowest BCUT2D eigenvalue weighted by Gasteiger charge is -2.18. The van der Waals surface area contributed by atoms with Gasteiger partial charge in [-0.2, -0.15) is 13.2 Å². The first-order chi connectivity index (χ1) is 11.6. The van der Waals surface area contributed by atoms with Crippen molar-refractivity contribution >= 4 is 17.7 Å². The Morgan fingerprint density at radius 2 is 1.92 bits per heavy atom. The first-order valence-corrected chi connectivity index (χ1v) is 7.74. The van der Waals surface area contributed by atoms with E-state index >= 15 is 0 Å². The minimum Gasteiger partial charge on any atom is -0.481 e. The summed E-state index contributed by atoms with van der Waals surface area (Å²) in [5, 5.41) is 11.4. The third kappa shape index (κ3) is 4.80. The molecule has 1 aromatic heterocycles. The number of carboxylic acid groups (broad SMARTS) is 1. The summed E-state index contributed by atoms with van der Waals surface area (Å²) in [4.78, 5) is 32.2. The fraction of sp³-hybridized carbons (Fsp3) is 0.600. The number of halogens is 3. The Hall–Kier alpha value is -2.39. The molecule has 2 N–H and O–H groups in total. The van der Waals surface area contributed by atoms with E-state index in [1.165, 1.54) is 12.4 Å². The van der Waals surface area contributed by atoms with Gasteiger partial charge in [0.1, 0.15) is 5.82 Å². The highest BCUT2D eigenvalue weighted by Crippen LogP contribution is 2.37. The van der Waals surface area contributed by atoms with Crippen LogP contribution < -0.4 is 5.32 Å². The average Bonchev–Trinajstić information content (AvgIpc) is 2.94. The van der Waals surface area contributed by atoms with Crippen LogP contribution in [0.3, 0.4) is 0 Å². The van der Waals surface area contributed by atoms with Gasteiger partial charge in [0.15, 0.2) is 0 Å². The summed E-state index contributed by atoms with van der Waals surface area (Å²) in [6.45, 7) is 2.81. The van der Waals surface area contributed by atoms with Crippen LogP contribution >= 0.6 is 0 Å². The zero-order valence-corrected chi connectivity index (χ0v) is 13.7. The van der Waals surface area contributed by atoms with E-state index in [0.29, 0.717) is 18.2 Å². The number of carboxylic acids is 1. The fourth-order valence-corrected chi connectivity index (χ4v) is 2.64. The zero-order valence-electron chi connectivity index (χ0n) is 13.7. The Morgan fingerprint density at radius 1 is 1.32 bits per heavy atom. The minimum absolute atomic E-state index is 0.236. The van der Waals surface area contributed by atoms with Crippen molar-refractivity contribution in [2.75, 3.05) is 18.4 Å². The molecule has 2 heterocycles. The van der Waals surface area contributed by atoms with Gasteiger partial charge < -0.3 is 15.3 Å². The number of alkyl halides is 3. The van der Waals surface area contributed by atoms with Crippen LogP contribution in [0.4, 0.5) is 23.7 Å². The van der Waals surface area contributed by atoms with Crippen LogP contribution in [0.1, 0.15) is 19.7 Å². The van der Waals surface area contributed by atoms with E-state index in [9.17, 15) is 22.8 Å². The molecule has 138 valence electrons. The second kappa shape index (κ2) is 7.24. The molecule has 1 aliphatic rings. The van der Waals surface area contributed by atoms with Crippen molar-refractivity contribution in [1.29, 1.82) is 0 Å². The van der Waals surface area contributed by atoms with E-state index in [4.69, 9.17) is 5.11 Å². The van der Waals surface area contributed by atoms with Crippen LogP contribution in [-0.4, -0.2) is 51.2 Å². The molecule has 2 atom stereocenters. The molecule has 0 spiro atoms. The number of carbonyl (C=O) groups is 2. The number of nitrogens with one attached hydrogen (secondary N) is 1. The van der Waals surface area contributed by atoms with Gasteiger partial charge in [-0.15, -0.1) is 0 Å². The lowest BCUT2D eigenvalue weighted by molar-refractivity contribution is -0.187. The standard InChI is InChI=1S/C15H19F3N4O3/c1-8(2)3-12-19-4-9(5-20-12)21-14(25)22-6-10(13(23)24)11(7-22)15(16,17)18/h4-5,8,10-11H,3,6-7H2,1-2H3,(H,21,25)(H,23,24)/t10-,11-/m1/s1. The van der Waals surface area contributed by atoms with Gasteiger partial charge in [0.2, 0.25) is 0 Å². The fourth-order valence-electron chi connectivity index (χ4n) is 2.64. The van der Waals surface area contributed by atoms with Gasteiger partial charge in [-0.05, 0) is 5.92 Å². The Kier molecular flexibility index (Phi) is 5.48. The molecule has 0 unspecified atom stereocenters. The molecule has 1 saturated heterocycles. The van der Waals surface area contributed by atoms with Crippen molar-refractivity contribution in [3.63, 3.8) is 0 Å². The number of anilines is 1. The molecule has 0 saturated carbocycles. The van der Waals surface area contributed by atoms with Gasteiger partial charge in [0.25, 0.3) is 0 Å². The summed E-state index contributed by atoms with van der Waals surface area (Å²) < 4.78 is 38.8. The Balaban J connectivity index is 2.02. The highest BCUT2D eigenvalue weighted by atomic mass is 19.4. The third-order valence-electron chi connectivity index (χ3n) is 3.89. The van der Waals surface area contributed by atoms with Crippen molar-refractivity contribution in [2.45, 2.75) is 26.4 Å². The van der Waals surface area contributed by atoms with Gasteiger partial charge >= 0.3 is 18.2 Å². The number of aromatic nitrogens is 2. The number of rotatable bonds is 4. The van der Waals surface area contributed by atoms with Crippen molar-refractivity contribution in [3.8, 4) is 0 Å². The van der Waals surface area contributed by atoms with E-state index in [0.717, 1.165) is 4.90 Å². The second-order valence-electron chi connectivity index (χ2n) is 6.41. The first-order valence-electron chi connectivity index (χ1n) is 7.74. The third-order valence-corrected chi connectivity index (χ3v) is 3.89. The predicted octanol–water partition coefficient (Wildman–Crippen LogP) is 2.40. The maximum absolute atomic E-state index is 12.9. The maximum Gasteiger partial charge on any atom is 0.394 e. The van der Waals surface area contributed by atoms with Crippen LogP contribution in [-0.2, 0) is 11.2 Å². The molecular formula is C15H19F3N4O3. The summed E-state index contributed by atoms with van der Waals surface area (Å²) in [7, 11) is 0. The molecule has 2 rings (SSSR count). The van der Waals surface area contributed by atoms with Gasteiger partial charge in [-0.3, -0.25) is 4.79 Å². The molecule has 25 heavy (non-hydrogen) atoms. The smallest absolute Gasteiger partial charge is 0.394 e. The Labute approximate surface area is 142 Å². The molecule has 0 bridgehead atoms. The monoisotopic (exact) mass is 360 g/mol. The van der Waals surface area contributed by atoms with Gasteiger partial charge in [-0.1, -0.05) is 13.8 Å². The Bertz CT molecular complexity index is 634. The number of nitrogens with zero attached hydrogens (tertiary/aromatic N) is 3. The lowest BCUT2D eigenvalue weighted by atomic mass is 9.96. The number of hydrogen-bond donors (Lipinski definition) is 2. The lowest BCUT2D eigenvalue weighted by Crippen LogP contribution is -2.35. The molecule has 0 aromatic carbocycles. The predicted molar refractivity (Wildman–Crippen MR) is 81.8 cm³/mol. The van der Waals surface area contributed by atoms with Crippen LogP contribution in [0.15, 0.2) is 12.4 Å². The largest absolute Gasteiger partial charge is 0.481 e. The van der Waals surface area contributed by atoms with Crippen molar-refractivity contribution in [1.82, 2.24) is 14.9 Å². The summed E-state index contributed by atoms with van der Waals surface area (Å²) >= 11 is 0. The molecule has 0 radical (unpaired) electrons. The summed E-state index contributed by atoms with van der Waals surface area (Å²) in [6.07, 6.45) is -1.28. The van der Waals surface area contributed by atoms with Crippen LogP contribution in [0.25, 0.3) is 0 Å². The van der Waals surface area contributed by atoms with Crippen molar-refractivity contribution in [3.05, 3.63) is 18.2 Å². The Morgan fingerprint density at radius 3 is 2.36 bits per heavy atom. The first kappa shape index (κ1) is 18.9. The highest BCUT2D eigenvalue weighted by Gasteiger charge is 2.53. The molecule has 1 aliphatic heterocycles. The average molecular weight is 360 g/mol. The molecule has 0 aliphatic carbocycles. The molecule has 2 amide bonds. The minimum atomic E-state index is -4.68. The number of urea groups is 1. The van der Waals surface area contributed by atoms with Crippen molar-refractivity contribution in [2.24, 2.45) is 17.8 Å². The van der Waals surface area contributed by atoms with E-state index < -0.39 is 43.1 Å². The molecule has 1 aromatic rings. The summed E-state index contributed by atoms with van der Waals surface area (Å²) in [5.74, 6) is -4.37. The molecule has 1 fully saturated rings.